The molecule has 2 aromatic rings. The molecule has 0 radical (unpaired) electrons. The lowest BCUT2D eigenvalue weighted by atomic mass is 10.1. The van der Waals surface area contributed by atoms with Crippen LogP contribution in [-0.4, -0.2) is 28.2 Å². The summed E-state index contributed by atoms with van der Waals surface area (Å²) < 4.78 is 5.31. The van der Waals surface area contributed by atoms with Gasteiger partial charge in [-0.3, -0.25) is 9.89 Å². The van der Waals surface area contributed by atoms with Crippen LogP contribution in [0.5, 0.6) is 5.75 Å². The summed E-state index contributed by atoms with van der Waals surface area (Å²) in [5, 5.41) is 8.94. The molecule has 0 bridgehead atoms. The van der Waals surface area contributed by atoms with E-state index in [-0.39, 0.29) is 11.7 Å². The van der Waals surface area contributed by atoms with Crippen LogP contribution in [0.2, 0.25) is 0 Å². The van der Waals surface area contributed by atoms with Gasteiger partial charge in [0.2, 0.25) is 5.82 Å². The van der Waals surface area contributed by atoms with Gasteiger partial charge in [0.15, 0.2) is 0 Å². The third kappa shape index (κ3) is 2.48. The Kier molecular flexibility index (Phi) is 3.57. The predicted octanol–water partition coefficient (Wildman–Crippen LogP) is 1.05. The summed E-state index contributed by atoms with van der Waals surface area (Å²) in [6.07, 6.45) is 1.36. The molecule has 94 valence electrons. The number of methoxy groups -OCH3 is 1. The maximum absolute atomic E-state index is 11.7. The van der Waals surface area contributed by atoms with Crippen molar-refractivity contribution in [1.82, 2.24) is 20.5 Å². The van der Waals surface area contributed by atoms with E-state index in [9.17, 15) is 4.79 Å². The third-order valence-corrected chi connectivity index (χ3v) is 2.56. The van der Waals surface area contributed by atoms with Crippen molar-refractivity contribution in [3.05, 3.63) is 41.5 Å². The first-order valence-corrected chi connectivity index (χ1v) is 5.49. The number of aromatic amines is 1. The van der Waals surface area contributed by atoms with E-state index in [0.29, 0.717) is 6.54 Å². The van der Waals surface area contributed by atoms with Crippen LogP contribution >= 0.6 is 0 Å². The highest BCUT2D eigenvalue weighted by Gasteiger charge is 2.11. The quantitative estimate of drug-likeness (QED) is 0.845. The lowest BCUT2D eigenvalue weighted by molar-refractivity contribution is 0.0940. The van der Waals surface area contributed by atoms with Gasteiger partial charge >= 0.3 is 0 Å². The van der Waals surface area contributed by atoms with Crippen molar-refractivity contribution in [2.24, 2.45) is 0 Å². The van der Waals surface area contributed by atoms with E-state index < -0.39 is 0 Å². The Morgan fingerprint density at radius 1 is 1.50 bits per heavy atom. The van der Waals surface area contributed by atoms with Crippen molar-refractivity contribution >= 4 is 5.91 Å². The number of ether oxygens (including phenoxy) is 1. The van der Waals surface area contributed by atoms with E-state index in [0.717, 1.165) is 16.9 Å². The molecule has 1 amide bonds. The topological polar surface area (TPSA) is 79.9 Å². The molecule has 0 unspecified atom stereocenters. The first kappa shape index (κ1) is 12.1. The highest BCUT2D eigenvalue weighted by atomic mass is 16.5. The van der Waals surface area contributed by atoms with Gasteiger partial charge in [0, 0.05) is 12.1 Å². The molecule has 1 heterocycles. The Morgan fingerprint density at radius 2 is 2.33 bits per heavy atom. The van der Waals surface area contributed by atoms with Crippen molar-refractivity contribution < 1.29 is 9.53 Å². The van der Waals surface area contributed by atoms with Crippen LogP contribution in [0.4, 0.5) is 0 Å². The first-order chi connectivity index (χ1) is 8.72. The van der Waals surface area contributed by atoms with Gasteiger partial charge in [0.25, 0.3) is 5.91 Å². The molecule has 0 aliphatic carbocycles. The largest absolute Gasteiger partial charge is 0.496 e. The lowest BCUT2D eigenvalue weighted by Gasteiger charge is -2.11. The normalized spacial score (nSPS) is 10.1. The van der Waals surface area contributed by atoms with E-state index in [1.54, 1.807) is 7.11 Å². The Bertz CT molecular complexity index is 537. The zero-order chi connectivity index (χ0) is 13.0. The molecule has 2 N–H and O–H groups in total. The maximum Gasteiger partial charge on any atom is 0.291 e. The van der Waals surface area contributed by atoms with Crippen molar-refractivity contribution in [2.75, 3.05) is 7.11 Å². The molecule has 2 rings (SSSR count). The van der Waals surface area contributed by atoms with E-state index in [4.69, 9.17) is 4.74 Å². The Morgan fingerprint density at radius 3 is 3.00 bits per heavy atom. The fourth-order valence-electron chi connectivity index (χ4n) is 1.72. The number of benzene rings is 1. The molecule has 0 spiro atoms. The molecule has 0 saturated heterocycles. The predicted molar refractivity (Wildman–Crippen MR) is 65.3 cm³/mol. The van der Waals surface area contributed by atoms with E-state index in [2.05, 4.69) is 20.5 Å². The van der Waals surface area contributed by atoms with Crippen LogP contribution in [0, 0.1) is 6.92 Å². The van der Waals surface area contributed by atoms with Gasteiger partial charge < -0.3 is 10.1 Å². The van der Waals surface area contributed by atoms with Crippen molar-refractivity contribution in [3.8, 4) is 5.75 Å². The summed E-state index contributed by atoms with van der Waals surface area (Å²) in [7, 11) is 1.61. The van der Waals surface area contributed by atoms with Crippen LogP contribution in [-0.2, 0) is 6.54 Å². The summed E-state index contributed by atoms with van der Waals surface area (Å²) in [5.74, 6) is 0.592. The Balaban J connectivity index is 2.07. The fourth-order valence-corrected chi connectivity index (χ4v) is 1.72. The number of rotatable bonds is 4. The van der Waals surface area contributed by atoms with Crippen LogP contribution in [0.3, 0.4) is 0 Å². The molecule has 6 heteroatoms. The van der Waals surface area contributed by atoms with Crippen LogP contribution in [0.25, 0.3) is 0 Å². The Labute approximate surface area is 104 Å². The monoisotopic (exact) mass is 246 g/mol. The smallest absolute Gasteiger partial charge is 0.291 e. The average molecular weight is 246 g/mol. The molecule has 1 aromatic heterocycles. The van der Waals surface area contributed by atoms with Gasteiger partial charge in [-0.05, 0) is 12.5 Å². The number of para-hydroxylation sites is 1. The summed E-state index contributed by atoms with van der Waals surface area (Å²) in [6, 6.07) is 5.79. The molecule has 18 heavy (non-hydrogen) atoms. The number of aromatic nitrogens is 3. The highest BCUT2D eigenvalue weighted by molar-refractivity contribution is 5.90. The van der Waals surface area contributed by atoms with E-state index in [1.807, 2.05) is 25.1 Å². The molecule has 0 aliphatic heterocycles. The second-order valence-corrected chi connectivity index (χ2v) is 3.77. The van der Waals surface area contributed by atoms with Gasteiger partial charge in [0.1, 0.15) is 12.1 Å². The maximum atomic E-state index is 11.7. The van der Waals surface area contributed by atoms with Crippen molar-refractivity contribution in [1.29, 1.82) is 0 Å². The SMILES string of the molecule is COc1c(C)cccc1CNC(=O)c1nc[nH]n1. The summed E-state index contributed by atoms with van der Waals surface area (Å²) in [6.45, 7) is 2.33. The number of amides is 1. The summed E-state index contributed by atoms with van der Waals surface area (Å²) in [4.78, 5) is 15.4. The minimum atomic E-state index is -0.320. The molecular formula is C12H14N4O2. The van der Waals surface area contributed by atoms with Crippen LogP contribution < -0.4 is 10.1 Å². The highest BCUT2D eigenvalue weighted by Crippen LogP contribution is 2.22. The second kappa shape index (κ2) is 5.31. The Hall–Kier alpha value is -2.37. The molecule has 0 atom stereocenters. The fraction of sp³-hybridized carbons (Fsp3) is 0.250. The zero-order valence-corrected chi connectivity index (χ0v) is 10.2. The number of nitrogens with zero attached hydrogens (tertiary/aromatic N) is 2. The summed E-state index contributed by atoms with van der Waals surface area (Å²) in [5.41, 5.74) is 1.95. The van der Waals surface area contributed by atoms with Crippen molar-refractivity contribution in [3.63, 3.8) is 0 Å². The molecule has 0 fully saturated rings. The first-order valence-electron chi connectivity index (χ1n) is 5.49. The number of hydrogen-bond donors (Lipinski definition) is 2. The standard InChI is InChI=1S/C12H14N4O2/c1-8-4-3-5-9(10(8)18-2)6-13-12(17)11-14-7-15-16-11/h3-5,7H,6H2,1-2H3,(H,13,17)(H,14,15,16). The average Bonchev–Trinajstić information content (AvgIpc) is 2.90. The number of aryl methyl sites for hydroxylation is 1. The molecule has 1 aromatic carbocycles. The van der Waals surface area contributed by atoms with Crippen LogP contribution in [0.1, 0.15) is 21.7 Å². The van der Waals surface area contributed by atoms with Gasteiger partial charge in [-0.25, -0.2) is 4.98 Å². The third-order valence-electron chi connectivity index (χ3n) is 2.56. The van der Waals surface area contributed by atoms with E-state index >= 15 is 0 Å². The number of carbonyl (C=O) groups is 1. The molecule has 0 saturated carbocycles. The molecule has 6 nitrogen and oxygen atoms in total. The van der Waals surface area contributed by atoms with Gasteiger partial charge in [-0.2, -0.15) is 0 Å². The zero-order valence-electron chi connectivity index (χ0n) is 10.2. The summed E-state index contributed by atoms with van der Waals surface area (Å²) >= 11 is 0. The number of nitrogens with one attached hydrogen (secondary N) is 2. The lowest BCUT2D eigenvalue weighted by Crippen LogP contribution is -2.24. The van der Waals surface area contributed by atoms with Gasteiger partial charge in [0.05, 0.1) is 7.11 Å². The number of carbonyl (C=O) groups excluding carboxylic acids is 1. The minimum absolute atomic E-state index is 0.126. The van der Waals surface area contributed by atoms with Gasteiger partial charge in [-0.15, -0.1) is 5.10 Å². The molecule has 0 aliphatic rings. The van der Waals surface area contributed by atoms with E-state index in [1.165, 1.54) is 6.33 Å². The number of hydrogen-bond acceptors (Lipinski definition) is 4. The van der Waals surface area contributed by atoms with Crippen LogP contribution in [0.15, 0.2) is 24.5 Å². The minimum Gasteiger partial charge on any atom is -0.496 e. The second-order valence-electron chi connectivity index (χ2n) is 3.77. The van der Waals surface area contributed by atoms with Crippen molar-refractivity contribution in [2.45, 2.75) is 13.5 Å². The van der Waals surface area contributed by atoms with Gasteiger partial charge in [-0.1, -0.05) is 18.2 Å². The molecular weight excluding hydrogens is 232 g/mol. The number of H-pyrrole nitrogens is 1.